The maximum Gasteiger partial charge on any atom is 0.337 e. The highest BCUT2D eigenvalue weighted by atomic mass is 16.7. The van der Waals surface area contributed by atoms with Crippen LogP contribution < -0.4 is 4.74 Å². The number of ether oxygens (including phenoxy) is 4. The second-order valence-corrected chi connectivity index (χ2v) is 13.0. The van der Waals surface area contributed by atoms with Gasteiger partial charge in [-0.2, -0.15) is 0 Å². The summed E-state index contributed by atoms with van der Waals surface area (Å²) in [6, 6.07) is 9.93. The molecule has 1 aromatic carbocycles. The molecule has 4 fully saturated rings. The minimum Gasteiger partial charge on any atom is -0.480 e. The summed E-state index contributed by atoms with van der Waals surface area (Å²) in [5, 5.41) is 1.01. The van der Waals surface area contributed by atoms with Crippen LogP contribution in [0.1, 0.15) is 65.5 Å². The standard InChI is InChI=1S/C33H41NO5/c1-20-10-15-27-32(5,17-16-28-33(27,6)19-37-31(3,4)39-28)24(20)14-13-23-26(18-36-30(23)35)38-25-9-7-8-22-12-11-21(2)34-29(22)25/h7-9,11-13,24,26-28H,1,10,14-19H2,2-6H3/b23-13+/t24-,26+,27+,28-,32+,33+/m1/s1. The Bertz CT molecular complexity index is 1350. The van der Waals surface area contributed by atoms with Crippen molar-refractivity contribution in [2.45, 2.75) is 84.7 Å². The van der Waals surface area contributed by atoms with Crippen LogP contribution in [0.5, 0.6) is 5.75 Å². The van der Waals surface area contributed by atoms with E-state index >= 15 is 0 Å². The largest absolute Gasteiger partial charge is 0.480 e. The number of benzene rings is 1. The van der Waals surface area contributed by atoms with Crippen molar-refractivity contribution in [3.8, 4) is 5.75 Å². The third-order valence-corrected chi connectivity index (χ3v) is 10.1. The Labute approximate surface area is 231 Å². The van der Waals surface area contributed by atoms with Crippen LogP contribution in [0.3, 0.4) is 0 Å². The maximum atomic E-state index is 12.9. The van der Waals surface area contributed by atoms with E-state index in [1.54, 1.807) is 0 Å². The fourth-order valence-corrected chi connectivity index (χ4v) is 7.98. The molecule has 6 nitrogen and oxygen atoms in total. The minimum atomic E-state index is -0.532. The molecule has 6 atom stereocenters. The van der Waals surface area contributed by atoms with E-state index in [2.05, 4.69) is 26.5 Å². The summed E-state index contributed by atoms with van der Waals surface area (Å²) in [5.74, 6) is 0.579. The molecule has 2 saturated heterocycles. The third kappa shape index (κ3) is 4.50. The number of rotatable bonds is 4. The molecule has 2 saturated carbocycles. The van der Waals surface area contributed by atoms with Crippen molar-refractivity contribution in [2.24, 2.45) is 22.7 Å². The van der Waals surface area contributed by atoms with Gasteiger partial charge in [0.2, 0.25) is 0 Å². The number of esters is 1. The van der Waals surface area contributed by atoms with Gasteiger partial charge in [-0.25, -0.2) is 9.78 Å². The van der Waals surface area contributed by atoms with E-state index in [0.29, 0.717) is 23.8 Å². The molecule has 6 rings (SSSR count). The number of aryl methyl sites for hydroxylation is 1. The van der Waals surface area contributed by atoms with E-state index in [4.69, 9.17) is 23.9 Å². The van der Waals surface area contributed by atoms with Gasteiger partial charge in [-0.1, -0.05) is 50.3 Å². The van der Waals surface area contributed by atoms with Gasteiger partial charge in [0.15, 0.2) is 11.9 Å². The zero-order chi connectivity index (χ0) is 27.6. The van der Waals surface area contributed by atoms with Crippen LogP contribution in [0.25, 0.3) is 10.9 Å². The number of hydrogen-bond acceptors (Lipinski definition) is 6. The Hall–Kier alpha value is -2.70. The lowest BCUT2D eigenvalue weighted by Crippen LogP contribution is -2.62. The van der Waals surface area contributed by atoms with Gasteiger partial charge in [-0.3, -0.25) is 0 Å². The first-order valence-corrected chi connectivity index (χ1v) is 14.4. The van der Waals surface area contributed by atoms with Crippen molar-refractivity contribution in [3.05, 3.63) is 59.8 Å². The first kappa shape index (κ1) is 26.5. The third-order valence-electron chi connectivity index (χ3n) is 10.1. The van der Waals surface area contributed by atoms with Gasteiger partial charge in [0, 0.05) is 16.5 Å². The molecule has 3 heterocycles. The van der Waals surface area contributed by atoms with Crippen LogP contribution in [-0.4, -0.2) is 42.2 Å². The van der Waals surface area contributed by atoms with E-state index < -0.39 is 11.9 Å². The molecule has 0 radical (unpaired) electrons. The van der Waals surface area contributed by atoms with Gasteiger partial charge in [0.25, 0.3) is 0 Å². The Morgan fingerprint density at radius 1 is 1.13 bits per heavy atom. The summed E-state index contributed by atoms with van der Waals surface area (Å²) >= 11 is 0. The second-order valence-electron chi connectivity index (χ2n) is 13.0. The molecule has 0 amide bonds. The lowest BCUT2D eigenvalue weighted by atomic mass is 9.46. The summed E-state index contributed by atoms with van der Waals surface area (Å²) < 4.78 is 24.6. The molecule has 4 aliphatic rings. The predicted molar refractivity (Wildman–Crippen MR) is 150 cm³/mol. The summed E-state index contributed by atoms with van der Waals surface area (Å²) in [7, 11) is 0. The number of cyclic esters (lactones) is 1. The molecule has 0 spiro atoms. The van der Waals surface area contributed by atoms with E-state index in [1.807, 2.05) is 51.1 Å². The molecule has 2 aliphatic heterocycles. The smallest absolute Gasteiger partial charge is 0.337 e. The number of para-hydroxylation sites is 1. The predicted octanol–water partition coefficient (Wildman–Crippen LogP) is 6.70. The average Bonchev–Trinajstić information content (AvgIpc) is 3.23. The summed E-state index contributed by atoms with van der Waals surface area (Å²) in [4.78, 5) is 17.6. The van der Waals surface area contributed by atoms with Crippen LogP contribution >= 0.6 is 0 Å². The molecule has 0 bridgehead atoms. The maximum absolute atomic E-state index is 12.9. The SMILES string of the molecule is C=C1CC[C@@H]2[C@]3(C)COC(C)(C)O[C@@H]3CC[C@@]2(C)[C@@H]1C/C=C1/C(=O)OC[C@@H]1Oc1cccc2ccc(C)nc12. The fourth-order valence-electron chi connectivity index (χ4n) is 7.98. The summed E-state index contributed by atoms with van der Waals surface area (Å²) in [6.45, 7) is 16.2. The zero-order valence-corrected chi connectivity index (χ0v) is 23.9. The highest BCUT2D eigenvalue weighted by Crippen LogP contribution is 2.63. The average molecular weight is 532 g/mol. The molecule has 39 heavy (non-hydrogen) atoms. The molecule has 2 aromatic rings. The molecule has 2 aliphatic carbocycles. The molecule has 6 heteroatoms. The van der Waals surface area contributed by atoms with E-state index in [1.165, 1.54) is 5.57 Å². The topological polar surface area (TPSA) is 66.9 Å². The van der Waals surface area contributed by atoms with Crippen molar-refractivity contribution in [3.63, 3.8) is 0 Å². The molecular weight excluding hydrogens is 490 g/mol. The Balaban J connectivity index is 1.25. The first-order valence-electron chi connectivity index (χ1n) is 14.4. The zero-order valence-electron chi connectivity index (χ0n) is 23.9. The molecule has 0 unspecified atom stereocenters. The van der Waals surface area contributed by atoms with E-state index in [0.717, 1.165) is 48.7 Å². The number of carbonyl (C=O) groups is 1. The minimum absolute atomic E-state index is 0.0357. The molecule has 1 aromatic heterocycles. The van der Waals surface area contributed by atoms with Crippen molar-refractivity contribution in [1.29, 1.82) is 0 Å². The van der Waals surface area contributed by atoms with Crippen LogP contribution in [0.2, 0.25) is 0 Å². The fraction of sp³-hybridized carbons (Fsp3) is 0.576. The van der Waals surface area contributed by atoms with Crippen molar-refractivity contribution >= 4 is 16.9 Å². The van der Waals surface area contributed by atoms with Crippen LogP contribution in [0.4, 0.5) is 0 Å². The number of carbonyl (C=O) groups excluding carboxylic acids is 1. The van der Waals surface area contributed by atoms with Gasteiger partial charge in [0.1, 0.15) is 17.9 Å². The number of allylic oxidation sites excluding steroid dienone is 2. The number of aromatic nitrogens is 1. The molecule has 0 N–H and O–H groups in total. The lowest BCUT2D eigenvalue weighted by Gasteiger charge is -2.63. The highest BCUT2D eigenvalue weighted by Gasteiger charge is 2.60. The Kier molecular flexibility index (Phi) is 6.42. The lowest BCUT2D eigenvalue weighted by molar-refractivity contribution is -0.344. The van der Waals surface area contributed by atoms with Gasteiger partial charge >= 0.3 is 5.97 Å². The monoisotopic (exact) mass is 531 g/mol. The first-order chi connectivity index (χ1) is 18.5. The number of nitrogens with zero attached hydrogens (tertiary/aromatic N) is 1. The van der Waals surface area contributed by atoms with Crippen LogP contribution in [-0.2, 0) is 19.0 Å². The molecule has 208 valence electrons. The van der Waals surface area contributed by atoms with E-state index in [-0.39, 0.29) is 35.4 Å². The van der Waals surface area contributed by atoms with Crippen molar-refractivity contribution in [2.75, 3.05) is 13.2 Å². The number of pyridine rings is 1. The van der Waals surface area contributed by atoms with Crippen molar-refractivity contribution < 1.29 is 23.7 Å². The number of fused-ring (bicyclic) bond motifs is 4. The van der Waals surface area contributed by atoms with Gasteiger partial charge < -0.3 is 18.9 Å². The second kappa shape index (κ2) is 9.45. The van der Waals surface area contributed by atoms with Crippen LogP contribution in [0, 0.1) is 29.6 Å². The quantitative estimate of drug-likeness (QED) is 0.248. The number of hydrogen-bond donors (Lipinski definition) is 0. The van der Waals surface area contributed by atoms with Gasteiger partial charge in [0.05, 0.1) is 18.3 Å². The van der Waals surface area contributed by atoms with Gasteiger partial charge in [-0.15, -0.1) is 0 Å². The van der Waals surface area contributed by atoms with E-state index in [9.17, 15) is 4.79 Å². The highest BCUT2D eigenvalue weighted by molar-refractivity contribution is 5.92. The summed E-state index contributed by atoms with van der Waals surface area (Å²) in [5.41, 5.74) is 3.63. The Morgan fingerprint density at radius 2 is 1.95 bits per heavy atom. The Morgan fingerprint density at radius 3 is 2.77 bits per heavy atom. The van der Waals surface area contributed by atoms with Crippen LogP contribution in [0.15, 0.2) is 54.1 Å². The van der Waals surface area contributed by atoms with Gasteiger partial charge in [-0.05, 0) is 82.3 Å². The normalized spacial score (nSPS) is 36.9. The molecular formula is C33H41NO5. The van der Waals surface area contributed by atoms with Crippen molar-refractivity contribution in [1.82, 2.24) is 4.98 Å². The summed E-state index contributed by atoms with van der Waals surface area (Å²) in [6.07, 6.45) is 6.74.